The van der Waals surface area contributed by atoms with E-state index in [2.05, 4.69) is 11.2 Å². The molecule has 66 valence electrons. The largest absolute Gasteiger partial charge is 0.411 e. The number of nitriles is 1. The number of hydrogen-bond acceptors (Lipinski definition) is 3. The van der Waals surface area contributed by atoms with E-state index in [0.29, 0.717) is 17.7 Å². The Labute approximate surface area is 76.9 Å². The van der Waals surface area contributed by atoms with Gasteiger partial charge in [0.2, 0.25) is 0 Å². The van der Waals surface area contributed by atoms with Gasteiger partial charge in [0.15, 0.2) is 0 Å². The van der Waals surface area contributed by atoms with Crippen LogP contribution in [0.5, 0.6) is 0 Å². The molecule has 1 rings (SSSR count). The number of benzene rings is 1. The van der Waals surface area contributed by atoms with Crippen molar-refractivity contribution in [1.82, 2.24) is 0 Å². The number of rotatable bonds is 2. The van der Waals surface area contributed by atoms with Crippen molar-refractivity contribution < 1.29 is 5.21 Å². The van der Waals surface area contributed by atoms with Gasteiger partial charge in [-0.25, -0.2) is 0 Å². The minimum atomic E-state index is 0.514. The van der Waals surface area contributed by atoms with Gasteiger partial charge in [-0.15, -0.1) is 0 Å². The lowest BCUT2D eigenvalue weighted by Crippen LogP contribution is -1.99. The zero-order chi connectivity index (χ0) is 9.68. The summed E-state index contributed by atoms with van der Waals surface area (Å²) in [4.78, 5) is 0. The van der Waals surface area contributed by atoms with Crippen LogP contribution in [-0.2, 0) is 6.42 Å². The summed E-state index contributed by atoms with van der Waals surface area (Å²) in [7, 11) is 0. The molecular formula is C10H10N2O. The SMILES string of the molecule is C/C(Cc1ccccc1C#N)=N\O. The summed E-state index contributed by atoms with van der Waals surface area (Å²) in [6.45, 7) is 1.72. The minimum absolute atomic E-state index is 0.514. The van der Waals surface area contributed by atoms with Crippen molar-refractivity contribution in [2.24, 2.45) is 5.16 Å². The summed E-state index contributed by atoms with van der Waals surface area (Å²) in [5, 5.41) is 20.3. The van der Waals surface area contributed by atoms with Crippen LogP contribution in [0.25, 0.3) is 0 Å². The molecule has 1 aromatic rings. The van der Waals surface area contributed by atoms with Crippen LogP contribution < -0.4 is 0 Å². The molecule has 3 nitrogen and oxygen atoms in total. The zero-order valence-electron chi connectivity index (χ0n) is 7.36. The summed E-state index contributed by atoms with van der Waals surface area (Å²) >= 11 is 0. The summed E-state index contributed by atoms with van der Waals surface area (Å²) in [5.41, 5.74) is 2.12. The van der Waals surface area contributed by atoms with Gasteiger partial charge in [0.25, 0.3) is 0 Å². The predicted molar refractivity (Wildman–Crippen MR) is 49.8 cm³/mol. The van der Waals surface area contributed by atoms with Gasteiger partial charge in [-0.05, 0) is 18.6 Å². The van der Waals surface area contributed by atoms with E-state index < -0.39 is 0 Å². The zero-order valence-corrected chi connectivity index (χ0v) is 7.36. The molecule has 0 unspecified atom stereocenters. The molecule has 0 aliphatic carbocycles. The lowest BCUT2D eigenvalue weighted by Gasteiger charge is -2.00. The monoisotopic (exact) mass is 174 g/mol. The molecule has 0 aromatic heterocycles. The van der Waals surface area contributed by atoms with Gasteiger partial charge in [-0.1, -0.05) is 23.4 Å². The molecule has 0 aliphatic rings. The minimum Gasteiger partial charge on any atom is -0.411 e. The van der Waals surface area contributed by atoms with Crippen molar-refractivity contribution in [2.75, 3.05) is 0 Å². The van der Waals surface area contributed by atoms with Gasteiger partial charge in [-0.2, -0.15) is 5.26 Å². The first-order chi connectivity index (χ1) is 6.27. The van der Waals surface area contributed by atoms with Crippen LogP contribution in [0.1, 0.15) is 18.1 Å². The molecule has 0 bridgehead atoms. The smallest absolute Gasteiger partial charge is 0.0994 e. The second-order valence-corrected chi connectivity index (χ2v) is 2.78. The fourth-order valence-electron chi connectivity index (χ4n) is 1.09. The summed E-state index contributed by atoms with van der Waals surface area (Å²) < 4.78 is 0. The first-order valence-electron chi connectivity index (χ1n) is 3.93. The Balaban J connectivity index is 2.95. The average Bonchev–Trinajstić information content (AvgIpc) is 2.18. The predicted octanol–water partition coefficient (Wildman–Crippen LogP) is 1.95. The van der Waals surface area contributed by atoms with Crippen LogP contribution in [0.15, 0.2) is 29.4 Å². The van der Waals surface area contributed by atoms with Gasteiger partial charge < -0.3 is 5.21 Å². The fraction of sp³-hybridized carbons (Fsp3) is 0.200. The standard InChI is InChI=1S/C10H10N2O/c1-8(12-13)6-9-4-2-3-5-10(9)7-11/h2-5,13H,6H2,1H3/b12-8+. The quantitative estimate of drug-likeness (QED) is 0.423. The first-order valence-corrected chi connectivity index (χ1v) is 3.93. The highest BCUT2D eigenvalue weighted by atomic mass is 16.4. The summed E-state index contributed by atoms with van der Waals surface area (Å²) in [5.74, 6) is 0. The molecule has 0 saturated heterocycles. The van der Waals surface area contributed by atoms with Gasteiger partial charge in [0, 0.05) is 6.42 Å². The van der Waals surface area contributed by atoms with E-state index in [1.165, 1.54) is 0 Å². The molecule has 0 fully saturated rings. The Bertz CT molecular complexity index is 363. The molecule has 0 radical (unpaired) electrons. The Hall–Kier alpha value is -1.82. The molecule has 0 amide bonds. The Morgan fingerprint density at radius 1 is 1.54 bits per heavy atom. The van der Waals surface area contributed by atoms with Crippen LogP contribution >= 0.6 is 0 Å². The molecule has 13 heavy (non-hydrogen) atoms. The fourth-order valence-corrected chi connectivity index (χ4v) is 1.09. The third-order valence-electron chi connectivity index (χ3n) is 1.75. The van der Waals surface area contributed by atoms with Crippen LogP contribution in [0.2, 0.25) is 0 Å². The lowest BCUT2D eigenvalue weighted by atomic mass is 10.0. The van der Waals surface area contributed by atoms with Crippen molar-refractivity contribution in [3.63, 3.8) is 0 Å². The van der Waals surface area contributed by atoms with Crippen LogP contribution in [0.3, 0.4) is 0 Å². The second-order valence-electron chi connectivity index (χ2n) is 2.78. The molecule has 1 N–H and O–H groups in total. The maximum Gasteiger partial charge on any atom is 0.0994 e. The third kappa shape index (κ3) is 2.31. The lowest BCUT2D eigenvalue weighted by molar-refractivity contribution is 0.317. The van der Waals surface area contributed by atoms with E-state index in [4.69, 9.17) is 10.5 Å². The Morgan fingerprint density at radius 3 is 2.85 bits per heavy atom. The highest BCUT2D eigenvalue weighted by Gasteiger charge is 2.01. The van der Waals surface area contributed by atoms with Gasteiger partial charge in [0.05, 0.1) is 17.3 Å². The van der Waals surface area contributed by atoms with Crippen LogP contribution in [0.4, 0.5) is 0 Å². The van der Waals surface area contributed by atoms with E-state index >= 15 is 0 Å². The molecular weight excluding hydrogens is 164 g/mol. The molecule has 0 saturated carbocycles. The van der Waals surface area contributed by atoms with E-state index in [-0.39, 0.29) is 0 Å². The van der Waals surface area contributed by atoms with Crippen molar-refractivity contribution in [2.45, 2.75) is 13.3 Å². The van der Waals surface area contributed by atoms with Crippen LogP contribution in [0, 0.1) is 11.3 Å². The van der Waals surface area contributed by atoms with Gasteiger partial charge >= 0.3 is 0 Å². The van der Waals surface area contributed by atoms with Gasteiger partial charge in [0.1, 0.15) is 0 Å². The average molecular weight is 174 g/mol. The van der Waals surface area contributed by atoms with E-state index in [9.17, 15) is 0 Å². The normalized spacial score (nSPS) is 10.9. The van der Waals surface area contributed by atoms with E-state index in [1.54, 1.807) is 13.0 Å². The second kappa shape index (κ2) is 4.27. The van der Waals surface area contributed by atoms with E-state index in [0.717, 1.165) is 5.56 Å². The topological polar surface area (TPSA) is 56.4 Å². The highest BCUT2D eigenvalue weighted by molar-refractivity contribution is 5.84. The Kier molecular flexibility index (Phi) is 3.04. The summed E-state index contributed by atoms with van der Waals surface area (Å²) in [6.07, 6.45) is 0.514. The highest BCUT2D eigenvalue weighted by Crippen LogP contribution is 2.08. The number of hydrogen-bond donors (Lipinski definition) is 1. The van der Waals surface area contributed by atoms with Gasteiger partial charge in [-0.3, -0.25) is 0 Å². The number of nitrogens with zero attached hydrogens (tertiary/aromatic N) is 2. The molecule has 0 atom stereocenters. The first kappa shape index (κ1) is 9.27. The summed E-state index contributed by atoms with van der Waals surface area (Å²) in [6, 6.07) is 9.37. The van der Waals surface area contributed by atoms with Crippen LogP contribution in [-0.4, -0.2) is 10.9 Å². The molecule has 0 aliphatic heterocycles. The van der Waals surface area contributed by atoms with Crippen molar-refractivity contribution >= 4 is 5.71 Å². The van der Waals surface area contributed by atoms with Crippen molar-refractivity contribution in [1.29, 1.82) is 5.26 Å². The molecule has 0 spiro atoms. The molecule has 1 aromatic carbocycles. The molecule has 3 heteroatoms. The van der Waals surface area contributed by atoms with Crippen molar-refractivity contribution in [3.05, 3.63) is 35.4 Å². The maximum atomic E-state index is 8.75. The molecule has 0 heterocycles. The van der Waals surface area contributed by atoms with Crippen molar-refractivity contribution in [3.8, 4) is 6.07 Å². The number of oxime groups is 1. The van der Waals surface area contributed by atoms with E-state index in [1.807, 2.05) is 18.2 Å². The maximum absolute atomic E-state index is 8.75. The third-order valence-corrected chi connectivity index (χ3v) is 1.75. The Morgan fingerprint density at radius 2 is 2.23 bits per heavy atom.